The van der Waals surface area contributed by atoms with E-state index in [1.54, 1.807) is 11.0 Å². The monoisotopic (exact) mass is 342 g/mol. The number of nitrogens with zero attached hydrogens (tertiary/aromatic N) is 4. The van der Waals surface area contributed by atoms with Gasteiger partial charge in [0.15, 0.2) is 0 Å². The number of rotatable bonds is 4. The van der Waals surface area contributed by atoms with E-state index in [0.717, 1.165) is 57.9 Å². The van der Waals surface area contributed by atoms with Gasteiger partial charge in [0, 0.05) is 6.04 Å². The molecule has 8 heteroatoms. The number of carbonyl (C=O) groups is 1. The molecule has 7 nitrogen and oxygen atoms in total. The third-order valence-corrected chi connectivity index (χ3v) is 5.41. The summed E-state index contributed by atoms with van der Waals surface area (Å²) >= 11 is 0. The number of halogens is 1. The highest BCUT2D eigenvalue weighted by Gasteiger charge is 2.43. The SMILES string of the molecule is Cl.NCC1CCC(NC(=O)C2(n3cnnn3)CCCCC2)CC1. The van der Waals surface area contributed by atoms with Crippen molar-refractivity contribution in [2.45, 2.75) is 69.4 Å². The molecule has 1 amide bonds. The molecule has 1 aromatic rings. The average molecular weight is 343 g/mol. The van der Waals surface area contributed by atoms with Crippen LogP contribution in [0.5, 0.6) is 0 Å². The molecule has 0 spiro atoms. The number of amides is 1. The predicted octanol–water partition coefficient (Wildman–Crippen LogP) is 1.39. The van der Waals surface area contributed by atoms with Crippen LogP contribution in [0.1, 0.15) is 57.8 Å². The molecule has 1 heterocycles. The molecule has 130 valence electrons. The fourth-order valence-electron chi connectivity index (χ4n) is 3.92. The lowest BCUT2D eigenvalue weighted by Crippen LogP contribution is -2.53. The summed E-state index contributed by atoms with van der Waals surface area (Å²) in [5.74, 6) is 0.715. The summed E-state index contributed by atoms with van der Waals surface area (Å²) in [7, 11) is 0. The predicted molar refractivity (Wildman–Crippen MR) is 89.1 cm³/mol. The number of aromatic nitrogens is 4. The first kappa shape index (κ1) is 18.1. The largest absolute Gasteiger partial charge is 0.351 e. The first-order chi connectivity index (χ1) is 10.7. The fourth-order valence-corrected chi connectivity index (χ4v) is 3.92. The summed E-state index contributed by atoms with van der Waals surface area (Å²) in [6.07, 6.45) is 10.8. The molecule has 0 aromatic carbocycles. The van der Waals surface area contributed by atoms with E-state index in [9.17, 15) is 4.79 Å². The third-order valence-electron chi connectivity index (χ3n) is 5.41. The van der Waals surface area contributed by atoms with Crippen LogP contribution in [0.4, 0.5) is 0 Å². The van der Waals surface area contributed by atoms with E-state index >= 15 is 0 Å². The first-order valence-electron chi connectivity index (χ1n) is 8.49. The van der Waals surface area contributed by atoms with Gasteiger partial charge in [-0.15, -0.1) is 17.5 Å². The van der Waals surface area contributed by atoms with Crippen molar-refractivity contribution in [1.82, 2.24) is 25.5 Å². The van der Waals surface area contributed by atoms with Gasteiger partial charge >= 0.3 is 0 Å². The van der Waals surface area contributed by atoms with Crippen molar-refractivity contribution in [3.05, 3.63) is 6.33 Å². The van der Waals surface area contributed by atoms with Gasteiger partial charge in [-0.1, -0.05) is 19.3 Å². The van der Waals surface area contributed by atoms with Gasteiger partial charge < -0.3 is 11.1 Å². The number of tetrazole rings is 1. The van der Waals surface area contributed by atoms with E-state index < -0.39 is 5.54 Å². The lowest BCUT2D eigenvalue weighted by Gasteiger charge is -2.37. The minimum absolute atomic E-state index is 0. The first-order valence-corrected chi connectivity index (χ1v) is 8.49. The van der Waals surface area contributed by atoms with E-state index in [-0.39, 0.29) is 24.4 Å². The van der Waals surface area contributed by atoms with Gasteiger partial charge in [-0.25, -0.2) is 4.68 Å². The Morgan fingerprint density at radius 3 is 2.48 bits per heavy atom. The van der Waals surface area contributed by atoms with Crippen LogP contribution in [0.15, 0.2) is 6.33 Å². The van der Waals surface area contributed by atoms with Crippen molar-refractivity contribution in [2.75, 3.05) is 6.54 Å². The second kappa shape index (κ2) is 8.06. The second-order valence-corrected chi connectivity index (χ2v) is 6.77. The summed E-state index contributed by atoms with van der Waals surface area (Å²) in [4.78, 5) is 13.0. The van der Waals surface area contributed by atoms with Crippen LogP contribution in [-0.4, -0.2) is 38.7 Å². The Morgan fingerprint density at radius 1 is 1.22 bits per heavy atom. The van der Waals surface area contributed by atoms with E-state index in [1.165, 1.54) is 6.42 Å². The van der Waals surface area contributed by atoms with Crippen molar-refractivity contribution >= 4 is 18.3 Å². The summed E-state index contributed by atoms with van der Waals surface area (Å²) < 4.78 is 1.67. The lowest BCUT2D eigenvalue weighted by atomic mass is 9.80. The van der Waals surface area contributed by atoms with Crippen molar-refractivity contribution in [3.63, 3.8) is 0 Å². The Hall–Kier alpha value is -1.21. The number of hydrogen-bond donors (Lipinski definition) is 2. The molecule has 0 unspecified atom stereocenters. The summed E-state index contributed by atoms with van der Waals surface area (Å²) in [5, 5.41) is 14.8. The molecule has 2 aliphatic rings. The lowest BCUT2D eigenvalue weighted by molar-refractivity contribution is -0.133. The number of hydrogen-bond acceptors (Lipinski definition) is 5. The van der Waals surface area contributed by atoms with Crippen molar-refractivity contribution in [1.29, 1.82) is 0 Å². The molecule has 0 radical (unpaired) electrons. The van der Waals surface area contributed by atoms with Gasteiger partial charge in [0.2, 0.25) is 5.91 Å². The zero-order valence-corrected chi connectivity index (χ0v) is 14.3. The Morgan fingerprint density at radius 2 is 1.91 bits per heavy atom. The molecule has 0 saturated heterocycles. The van der Waals surface area contributed by atoms with Crippen molar-refractivity contribution in [2.24, 2.45) is 11.7 Å². The van der Waals surface area contributed by atoms with Gasteiger partial charge in [0.05, 0.1) is 0 Å². The van der Waals surface area contributed by atoms with Gasteiger partial charge in [-0.3, -0.25) is 4.79 Å². The van der Waals surface area contributed by atoms with Crippen molar-refractivity contribution < 1.29 is 4.79 Å². The van der Waals surface area contributed by atoms with Gasteiger partial charge in [0.1, 0.15) is 11.9 Å². The standard InChI is InChI=1S/C15H26N6O.ClH/c16-10-12-4-6-13(7-5-12)18-14(22)15(8-2-1-3-9-15)21-11-17-19-20-21;/h11-13H,1-10,16H2,(H,18,22);1H. The maximum absolute atomic E-state index is 13.0. The van der Waals surface area contributed by atoms with E-state index in [0.29, 0.717) is 5.92 Å². The topological polar surface area (TPSA) is 98.7 Å². The van der Waals surface area contributed by atoms with E-state index in [1.807, 2.05) is 0 Å². The summed E-state index contributed by atoms with van der Waals surface area (Å²) in [6, 6.07) is 0.269. The van der Waals surface area contributed by atoms with Crippen LogP contribution < -0.4 is 11.1 Å². The Labute approximate surface area is 143 Å². The highest BCUT2D eigenvalue weighted by molar-refractivity contribution is 5.85. The van der Waals surface area contributed by atoms with Crippen LogP contribution in [0.25, 0.3) is 0 Å². The second-order valence-electron chi connectivity index (χ2n) is 6.77. The molecule has 2 saturated carbocycles. The quantitative estimate of drug-likeness (QED) is 0.861. The molecular formula is C15H27ClN6O. The van der Waals surface area contributed by atoms with Gasteiger partial charge in [0.25, 0.3) is 0 Å². The Balaban J connectivity index is 0.00000192. The number of carbonyl (C=O) groups excluding carboxylic acids is 1. The molecular weight excluding hydrogens is 316 g/mol. The van der Waals surface area contributed by atoms with Crippen LogP contribution in [0.3, 0.4) is 0 Å². The number of nitrogens with two attached hydrogens (primary N) is 1. The molecule has 1 aromatic heterocycles. The zero-order valence-electron chi connectivity index (χ0n) is 13.5. The number of nitrogens with one attached hydrogen (secondary N) is 1. The summed E-state index contributed by atoms with van der Waals surface area (Å²) in [5.41, 5.74) is 5.15. The maximum atomic E-state index is 13.0. The molecule has 3 rings (SSSR count). The van der Waals surface area contributed by atoms with Crippen LogP contribution >= 0.6 is 12.4 Å². The van der Waals surface area contributed by atoms with Crippen LogP contribution in [0.2, 0.25) is 0 Å². The smallest absolute Gasteiger partial charge is 0.248 e. The maximum Gasteiger partial charge on any atom is 0.248 e. The fraction of sp³-hybridized carbons (Fsp3) is 0.867. The molecule has 23 heavy (non-hydrogen) atoms. The van der Waals surface area contributed by atoms with E-state index in [2.05, 4.69) is 20.8 Å². The summed E-state index contributed by atoms with van der Waals surface area (Å²) in [6.45, 7) is 0.759. The molecule has 2 fully saturated rings. The van der Waals surface area contributed by atoms with Gasteiger partial charge in [-0.2, -0.15) is 0 Å². The minimum Gasteiger partial charge on any atom is -0.351 e. The van der Waals surface area contributed by atoms with E-state index in [4.69, 9.17) is 5.73 Å². The molecule has 0 bridgehead atoms. The molecule has 0 atom stereocenters. The minimum atomic E-state index is -0.591. The van der Waals surface area contributed by atoms with Crippen LogP contribution in [0, 0.1) is 5.92 Å². The average Bonchev–Trinajstić information content (AvgIpc) is 3.11. The van der Waals surface area contributed by atoms with Crippen LogP contribution in [-0.2, 0) is 10.3 Å². The zero-order chi connectivity index (χ0) is 15.4. The molecule has 0 aliphatic heterocycles. The normalized spacial score (nSPS) is 27.0. The highest BCUT2D eigenvalue weighted by Crippen LogP contribution is 2.35. The highest BCUT2D eigenvalue weighted by atomic mass is 35.5. The third kappa shape index (κ3) is 3.83. The van der Waals surface area contributed by atoms with Crippen molar-refractivity contribution in [3.8, 4) is 0 Å². The Kier molecular flexibility index (Phi) is 6.35. The molecule has 3 N–H and O–H groups in total. The Bertz CT molecular complexity index is 480. The van der Waals surface area contributed by atoms with Gasteiger partial charge in [-0.05, 0) is 61.4 Å². The molecule has 2 aliphatic carbocycles.